The fraction of sp³-hybridized carbons (Fsp3) is 0.533. The van der Waals surface area contributed by atoms with Crippen LogP contribution in [0.5, 0.6) is 0 Å². The maximum atomic E-state index is 11.6. The Hall–Kier alpha value is -1.39. The van der Waals surface area contributed by atoms with Crippen LogP contribution in [0.4, 0.5) is 0 Å². The number of amides is 1. The van der Waals surface area contributed by atoms with Crippen LogP contribution in [0.25, 0.3) is 0 Å². The normalized spacial score (nSPS) is 24.2. The predicted molar refractivity (Wildman–Crippen MR) is 74.9 cm³/mol. The Kier molecular flexibility index (Phi) is 4.56. The second kappa shape index (κ2) is 6.17. The van der Waals surface area contributed by atoms with Crippen LogP contribution in [0.2, 0.25) is 0 Å². The van der Waals surface area contributed by atoms with Crippen LogP contribution >= 0.6 is 0 Å². The van der Waals surface area contributed by atoms with E-state index in [1.54, 1.807) is 7.05 Å². The molecular formula is C15H22N2O2. The molecule has 0 aliphatic carbocycles. The quantitative estimate of drug-likeness (QED) is 0.862. The van der Waals surface area contributed by atoms with Crippen molar-refractivity contribution in [2.45, 2.75) is 26.0 Å². The number of nitrogens with zero attached hydrogens (tertiary/aromatic N) is 1. The molecule has 4 heteroatoms. The number of hydrogen-bond acceptors (Lipinski definition) is 3. The lowest BCUT2D eigenvalue weighted by atomic mass is 9.95. The van der Waals surface area contributed by atoms with Gasteiger partial charge in [0.1, 0.15) is 0 Å². The average Bonchev–Trinajstić information content (AvgIpc) is 2.42. The number of aliphatic hydroxyl groups excluding tert-OH is 1. The fourth-order valence-corrected chi connectivity index (χ4v) is 2.47. The third kappa shape index (κ3) is 3.55. The predicted octanol–water partition coefficient (Wildman–Crippen LogP) is 1.25. The molecule has 1 aromatic carbocycles. The summed E-state index contributed by atoms with van der Waals surface area (Å²) in [5, 5.41) is 12.5. The number of β-amino-alcohol motifs (C(OH)–C–C–N with tert-alkyl or cyclic N) is 1. The van der Waals surface area contributed by atoms with Gasteiger partial charge < -0.3 is 10.4 Å². The van der Waals surface area contributed by atoms with Gasteiger partial charge in [0.2, 0.25) is 0 Å². The lowest BCUT2D eigenvalue weighted by Crippen LogP contribution is -2.42. The van der Waals surface area contributed by atoms with Crippen molar-refractivity contribution < 1.29 is 9.90 Å². The third-order valence-corrected chi connectivity index (χ3v) is 3.83. The monoisotopic (exact) mass is 262 g/mol. The number of nitrogens with one attached hydrogen (secondary N) is 1. The van der Waals surface area contributed by atoms with Crippen LogP contribution in [0, 0.1) is 5.92 Å². The zero-order chi connectivity index (χ0) is 13.8. The average molecular weight is 262 g/mol. The van der Waals surface area contributed by atoms with Crippen molar-refractivity contribution in [1.29, 1.82) is 0 Å². The van der Waals surface area contributed by atoms with Crippen LogP contribution in [-0.4, -0.2) is 42.2 Å². The Labute approximate surface area is 114 Å². The lowest BCUT2D eigenvalue weighted by molar-refractivity contribution is 0.0259. The molecule has 19 heavy (non-hydrogen) atoms. The molecule has 1 aliphatic rings. The molecule has 4 nitrogen and oxygen atoms in total. The first kappa shape index (κ1) is 14.0. The zero-order valence-electron chi connectivity index (χ0n) is 11.6. The first-order valence-electron chi connectivity index (χ1n) is 6.81. The van der Waals surface area contributed by atoms with Gasteiger partial charge in [-0.1, -0.05) is 19.1 Å². The molecule has 1 saturated heterocycles. The van der Waals surface area contributed by atoms with Crippen molar-refractivity contribution in [3.8, 4) is 0 Å². The second-order valence-electron chi connectivity index (χ2n) is 5.35. The van der Waals surface area contributed by atoms with Gasteiger partial charge in [0.05, 0.1) is 6.10 Å². The first-order valence-corrected chi connectivity index (χ1v) is 6.81. The molecule has 1 heterocycles. The minimum absolute atomic E-state index is 0.0610. The Morgan fingerprint density at radius 1 is 1.53 bits per heavy atom. The summed E-state index contributed by atoms with van der Waals surface area (Å²) in [6.45, 7) is 4.59. The van der Waals surface area contributed by atoms with Gasteiger partial charge in [-0.3, -0.25) is 9.69 Å². The SMILES string of the molecule is CNC(=O)c1cccc(CN2CCC(C)C(O)C2)c1. The molecule has 0 radical (unpaired) electrons. The lowest BCUT2D eigenvalue weighted by Gasteiger charge is -2.34. The first-order chi connectivity index (χ1) is 9.10. The molecule has 2 atom stereocenters. The van der Waals surface area contributed by atoms with E-state index in [1.807, 2.05) is 24.3 Å². The van der Waals surface area contributed by atoms with Gasteiger partial charge in [0, 0.05) is 25.7 Å². The summed E-state index contributed by atoms with van der Waals surface area (Å²) in [6, 6.07) is 7.67. The summed E-state index contributed by atoms with van der Waals surface area (Å²) in [5.74, 6) is 0.322. The zero-order valence-corrected chi connectivity index (χ0v) is 11.6. The van der Waals surface area contributed by atoms with E-state index in [0.29, 0.717) is 18.0 Å². The van der Waals surface area contributed by atoms with Gasteiger partial charge >= 0.3 is 0 Å². The van der Waals surface area contributed by atoms with Crippen molar-refractivity contribution in [1.82, 2.24) is 10.2 Å². The van der Waals surface area contributed by atoms with Crippen LogP contribution < -0.4 is 5.32 Å². The fourth-order valence-electron chi connectivity index (χ4n) is 2.47. The van der Waals surface area contributed by atoms with Crippen LogP contribution in [0.1, 0.15) is 29.3 Å². The Morgan fingerprint density at radius 2 is 2.32 bits per heavy atom. The summed E-state index contributed by atoms with van der Waals surface area (Å²) in [4.78, 5) is 13.8. The van der Waals surface area contributed by atoms with Crippen LogP contribution in [-0.2, 0) is 6.54 Å². The molecule has 0 spiro atoms. The van der Waals surface area contributed by atoms with E-state index < -0.39 is 0 Å². The molecule has 1 amide bonds. The minimum Gasteiger partial charge on any atom is -0.392 e. The molecule has 0 aromatic heterocycles. The highest BCUT2D eigenvalue weighted by atomic mass is 16.3. The summed E-state index contributed by atoms with van der Waals surface area (Å²) < 4.78 is 0. The number of carbonyl (C=O) groups is 1. The van der Waals surface area contributed by atoms with E-state index in [-0.39, 0.29) is 12.0 Å². The molecule has 1 aromatic rings. The van der Waals surface area contributed by atoms with Gasteiger partial charge in [0.15, 0.2) is 0 Å². The van der Waals surface area contributed by atoms with E-state index in [2.05, 4.69) is 17.1 Å². The van der Waals surface area contributed by atoms with Gasteiger partial charge in [-0.25, -0.2) is 0 Å². The van der Waals surface area contributed by atoms with Crippen molar-refractivity contribution >= 4 is 5.91 Å². The molecular weight excluding hydrogens is 240 g/mol. The van der Waals surface area contributed by atoms with Gasteiger partial charge in [0.25, 0.3) is 5.91 Å². The molecule has 0 saturated carbocycles. The molecule has 1 fully saturated rings. The highest BCUT2D eigenvalue weighted by Gasteiger charge is 2.24. The van der Waals surface area contributed by atoms with E-state index in [1.165, 1.54) is 0 Å². The maximum Gasteiger partial charge on any atom is 0.251 e. The molecule has 0 bridgehead atoms. The van der Waals surface area contributed by atoms with Crippen molar-refractivity contribution in [3.05, 3.63) is 35.4 Å². The van der Waals surface area contributed by atoms with E-state index >= 15 is 0 Å². The number of aliphatic hydroxyl groups is 1. The maximum absolute atomic E-state index is 11.6. The Bertz CT molecular complexity index is 448. The summed E-state index contributed by atoms with van der Waals surface area (Å²) in [5.41, 5.74) is 1.80. The van der Waals surface area contributed by atoms with Gasteiger partial charge in [-0.05, 0) is 36.6 Å². The highest BCUT2D eigenvalue weighted by molar-refractivity contribution is 5.94. The highest BCUT2D eigenvalue weighted by Crippen LogP contribution is 2.19. The summed E-state index contributed by atoms with van der Waals surface area (Å²) in [6.07, 6.45) is 0.784. The van der Waals surface area contributed by atoms with E-state index in [4.69, 9.17) is 0 Å². The second-order valence-corrected chi connectivity index (χ2v) is 5.35. The number of carbonyl (C=O) groups excluding carboxylic acids is 1. The van der Waals surface area contributed by atoms with Crippen molar-refractivity contribution in [2.24, 2.45) is 5.92 Å². The molecule has 2 unspecified atom stereocenters. The number of rotatable bonds is 3. The molecule has 2 N–H and O–H groups in total. The topological polar surface area (TPSA) is 52.6 Å². The standard InChI is InChI=1S/C15H22N2O2/c1-11-6-7-17(10-14(11)18)9-12-4-3-5-13(8-12)15(19)16-2/h3-5,8,11,14,18H,6-7,9-10H2,1-2H3,(H,16,19). The third-order valence-electron chi connectivity index (χ3n) is 3.83. The number of benzene rings is 1. The Morgan fingerprint density at radius 3 is 3.00 bits per heavy atom. The van der Waals surface area contributed by atoms with Gasteiger partial charge in [-0.15, -0.1) is 0 Å². The number of likely N-dealkylation sites (tertiary alicyclic amines) is 1. The van der Waals surface area contributed by atoms with E-state index in [0.717, 1.165) is 25.1 Å². The molecule has 104 valence electrons. The number of hydrogen-bond donors (Lipinski definition) is 2. The summed E-state index contributed by atoms with van der Waals surface area (Å²) in [7, 11) is 1.64. The van der Waals surface area contributed by atoms with E-state index in [9.17, 15) is 9.90 Å². The minimum atomic E-state index is -0.240. The van der Waals surface area contributed by atoms with Crippen LogP contribution in [0.3, 0.4) is 0 Å². The van der Waals surface area contributed by atoms with Crippen molar-refractivity contribution in [3.63, 3.8) is 0 Å². The largest absolute Gasteiger partial charge is 0.392 e. The number of piperidine rings is 1. The Balaban J connectivity index is 2.01. The summed E-state index contributed by atoms with van der Waals surface area (Å²) >= 11 is 0. The van der Waals surface area contributed by atoms with Gasteiger partial charge in [-0.2, -0.15) is 0 Å². The van der Waals surface area contributed by atoms with Crippen LogP contribution in [0.15, 0.2) is 24.3 Å². The molecule has 1 aliphatic heterocycles. The smallest absolute Gasteiger partial charge is 0.251 e. The van der Waals surface area contributed by atoms with Crippen molar-refractivity contribution in [2.75, 3.05) is 20.1 Å². The molecule has 2 rings (SSSR count).